The van der Waals surface area contributed by atoms with E-state index in [-0.39, 0.29) is 12.0 Å². The van der Waals surface area contributed by atoms with Gasteiger partial charge in [-0.1, -0.05) is 6.92 Å². The molecule has 2 rings (SSSR count). The maximum atomic E-state index is 9.66. The zero-order valence-electron chi connectivity index (χ0n) is 9.30. The fourth-order valence-corrected chi connectivity index (χ4v) is 2.06. The van der Waals surface area contributed by atoms with Crippen LogP contribution in [-0.4, -0.2) is 29.3 Å². The van der Waals surface area contributed by atoms with E-state index < -0.39 is 0 Å². The van der Waals surface area contributed by atoms with Crippen LogP contribution in [0.2, 0.25) is 0 Å². The molecule has 1 saturated heterocycles. The lowest BCUT2D eigenvalue weighted by Crippen LogP contribution is -2.42. The summed E-state index contributed by atoms with van der Waals surface area (Å²) >= 11 is 0. The third kappa shape index (κ3) is 2.00. The lowest BCUT2D eigenvalue weighted by Gasteiger charge is -2.35. The number of nitrogens with zero attached hydrogens (tertiary/aromatic N) is 3. The summed E-state index contributed by atoms with van der Waals surface area (Å²) in [6.45, 7) is 3.54. The Morgan fingerprint density at radius 1 is 1.62 bits per heavy atom. The molecule has 2 atom stereocenters. The molecule has 1 aromatic rings. The van der Waals surface area contributed by atoms with Gasteiger partial charge in [0.1, 0.15) is 11.9 Å². The predicted molar refractivity (Wildman–Crippen MR) is 61.0 cm³/mol. The van der Waals surface area contributed by atoms with E-state index in [0.717, 1.165) is 25.3 Å². The highest BCUT2D eigenvalue weighted by Gasteiger charge is 2.25. The third-order valence-electron chi connectivity index (χ3n) is 3.07. The van der Waals surface area contributed by atoms with Crippen molar-refractivity contribution in [3.63, 3.8) is 0 Å². The van der Waals surface area contributed by atoms with Gasteiger partial charge in [-0.25, -0.2) is 4.98 Å². The first-order valence-electron chi connectivity index (χ1n) is 5.50. The van der Waals surface area contributed by atoms with Crippen LogP contribution in [0.15, 0.2) is 18.3 Å². The number of aliphatic hydroxyl groups is 1. The number of aromatic nitrogens is 1. The highest BCUT2D eigenvalue weighted by Crippen LogP contribution is 2.23. The van der Waals surface area contributed by atoms with Crippen LogP contribution in [0.3, 0.4) is 0 Å². The largest absolute Gasteiger partial charge is 0.393 e. The van der Waals surface area contributed by atoms with Gasteiger partial charge in [-0.2, -0.15) is 5.26 Å². The molecule has 0 aliphatic carbocycles. The average molecular weight is 217 g/mol. The molecule has 4 nitrogen and oxygen atoms in total. The summed E-state index contributed by atoms with van der Waals surface area (Å²) in [5.74, 6) is 0.964. The first-order chi connectivity index (χ1) is 7.72. The Hall–Kier alpha value is -1.60. The summed E-state index contributed by atoms with van der Waals surface area (Å²) in [4.78, 5) is 6.33. The van der Waals surface area contributed by atoms with E-state index in [1.165, 1.54) is 0 Å². The van der Waals surface area contributed by atoms with Gasteiger partial charge in [0.15, 0.2) is 0 Å². The molecule has 0 spiro atoms. The monoisotopic (exact) mass is 217 g/mol. The molecule has 0 bridgehead atoms. The number of anilines is 1. The molecule has 4 heteroatoms. The van der Waals surface area contributed by atoms with E-state index in [1.807, 2.05) is 6.92 Å². The van der Waals surface area contributed by atoms with Crippen molar-refractivity contribution >= 4 is 5.82 Å². The van der Waals surface area contributed by atoms with Crippen molar-refractivity contribution in [2.24, 2.45) is 5.92 Å². The minimum Gasteiger partial charge on any atom is -0.393 e. The van der Waals surface area contributed by atoms with Crippen molar-refractivity contribution in [3.8, 4) is 6.07 Å². The summed E-state index contributed by atoms with van der Waals surface area (Å²) in [5, 5.41) is 18.7. The number of hydrogen-bond acceptors (Lipinski definition) is 4. The zero-order chi connectivity index (χ0) is 11.5. The minimum absolute atomic E-state index is 0.224. The standard InChI is InChI=1S/C12H15N3O/c1-9-8-15(6-4-11(9)16)12-10(7-13)3-2-5-14-12/h2-3,5,9,11,16H,4,6,8H2,1H3. The van der Waals surface area contributed by atoms with E-state index >= 15 is 0 Å². The normalized spacial score (nSPS) is 25.2. The molecule has 1 aliphatic heterocycles. The Bertz CT molecular complexity index is 413. The second kappa shape index (κ2) is 4.50. The van der Waals surface area contributed by atoms with Gasteiger partial charge in [0.2, 0.25) is 0 Å². The van der Waals surface area contributed by atoms with Gasteiger partial charge in [0.25, 0.3) is 0 Å². The van der Waals surface area contributed by atoms with Gasteiger partial charge in [-0.3, -0.25) is 0 Å². The van der Waals surface area contributed by atoms with Crippen LogP contribution in [0.4, 0.5) is 5.82 Å². The molecular weight excluding hydrogens is 202 g/mol. The molecule has 1 aliphatic rings. The second-order valence-electron chi connectivity index (χ2n) is 4.27. The Balaban J connectivity index is 2.22. The molecule has 84 valence electrons. The SMILES string of the molecule is CC1CN(c2ncccc2C#N)CCC1O. The van der Waals surface area contributed by atoms with Crippen molar-refractivity contribution in [3.05, 3.63) is 23.9 Å². The number of aliphatic hydroxyl groups excluding tert-OH is 1. The lowest BCUT2D eigenvalue weighted by atomic mass is 9.96. The molecule has 16 heavy (non-hydrogen) atoms. The Morgan fingerprint density at radius 2 is 2.44 bits per heavy atom. The summed E-state index contributed by atoms with van der Waals surface area (Å²) < 4.78 is 0. The first-order valence-corrected chi connectivity index (χ1v) is 5.50. The second-order valence-corrected chi connectivity index (χ2v) is 4.27. The molecule has 2 heterocycles. The highest BCUT2D eigenvalue weighted by atomic mass is 16.3. The number of nitriles is 1. The molecule has 0 aromatic carbocycles. The van der Waals surface area contributed by atoms with Gasteiger partial charge in [-0.15, -0.1) is 0 Å². The molecule has 1 fully saturated rings. The fourth-order valence-electron chi connectivity index (χ4n) is 2.06. The molecule has 1 aromatic heterocycles. The Kier molecular flexibility index (Phi) is 3.07. The third-order valence-corrected chi connectivity index (χ3v) is 3.07. The van der Waals surface area contributed by atoms with E-state index in [9.17, 15) is 5.11 Å². The topological polar surface area (TPSA) is 60.2 Å². The summed E-state index contributed by atoms with van der Waals surface area (Å²) in [7, 11) is 0. The van der Waals surface area contributed by atoms with Crippen molar-refractivity contribution in [2.45, 2.75) is 19.4 Å². The van der Waals surface area contributed by atoms with Crippen molar-refractivity contribution in [2.75, 3.05) is 18.0 Å². The van der Waals surface area contributed by atoms with Gasteiger partial charge < -0.3 is 10.0 Å². The molecule has 2 unspecified atom stereocenters. The molecule has 1 N–H and O–H groups in total. The molecule has 0 saturated carbocycles. The number of hydrogen-bond donors (Lipinski definition) is 1. The van der Waals surface area contributed by atoms with Crippen LogP contribution < -0.4 is 4.90 Å². The van der Waals surface area contributed by atoms with Crippen LogP contribution in [0.5, 0.6) is 0 Å². The van der Waals surface area contributed by atoms with Crippen LogP contribution in [0.1, 0.15) is 18.9 Å². The van der Waals surface area contributed by atoms with Gasteiger partial charge in [0, 0.05) is 19.3 Å². The van der Waals surface area contributed by atoms with Crippen molar-refractivity contribution < 1.29 is 5.11 Å². The van der Waals surface area contributed by atoms with Crippen LogP contribution in [0.25, 0.3) is 0 Å². The van der Waals surface area contributed by atoms with Crippen molar-refractivity contribution in [1.82, 2.24) is 4.98 Å². The van der Waals surface area contributed by atoms with Gasteiger partial charge in [-0.05, 0) is 24.5 Å². The Morgan fingerprint density at radius 3 is 3.12 bits per heavy atom. The molecular formula is C12H15N3O. The van der Waals surface area contributed by atoms with E-state index in [2.05, 4.69) is 16.0 Å². The van der Waals surface area contributed by atoms with E-state index in [4.69, 9.17) is 5.26 Å². The zero-order valence-corrected chi connectivity index (χ0v) is 9.30. The number of rotatable bonds is 1. The Labute approximate surface area is 95.1 Å². The smallest absolute Gasteiger partial charge is 0.146 e. The van der Waals surface area contributed by atoms with Gasteiger partial charge in [0.05, 0.1) is 11.7 Å². The van der Waals surface area contributed by atoms with Crippen LogP contribution in [0, 0.1) is 17.2 Å². The maximum Gasteiger partial charge on any atom is 0.146 e. The van der Waals surface area contributed by atoms with E-state index in [0.29, 0.717) is 5.56 Å². The minimum atomic E-state index is -0.231. The summed E-state index contributed by atoms with van der Waals surface area (Å²) in [6, 6.07) is 5.70. The molecule has 0 radical (unpaired) electrons. The van der Waals surface area contributed by atoms with Gasteiger partial charge >= 0.3 is 0 Å². The fraction of sp³-hybridized carbons (Fsp3) is 0.500. The summed E-state index contributed by atoms with van der Waals surface area (Å²) in [5.41, 5.74) is 0.603. The lowest BCUT2D eigenvalue weighted by molar-refractivity contribution is 0.0969. The first kappa shape index (κ1) is 10.9. The predicted octanol–water partition coefficient (Wildman–Crippen LogP) is 1.16. The van der Waals surface area contributed by atoms with Crippen LogP contribution in [-0.2, 0) is 0 Å². The average Bonchev–Trinajstić information content (AvgIpc) is 2.32. The quantitative estimate of drug-likeness (QED) is 0.766. The number of piperidine rings is 1. The van der Waals surface area contributed by atoms with E-state index in [1.54, 1.807) is 18.3 Å². The number of pyridine rings is 1. The highest BCUT2D eigenvalue weighted by molar-refractivity contribution is 5.53. The summed E-state index contributed by atoms with van der Waals surface area (Å²) in [6.07, 6.45) is 2.21. The molecule has 0 amide bonds. The van der Waals surface area contributed by atoms with Crippen LogP contribution >= 0.6 is 0 Å². The van der Waals surface area contributed by atoms with Crippen molar-refractivity contribution in [1.29, 1.82) is 5.26 Å². The maximum absolute atomic E-state index is 9.66.